The van der Waals surface area contributed by atoms with Crippen molar-refractivity contribution in [1.29, 1.82) is 0 Å². The molecule has 0 fully saturated rings. The van der Waals surface area contributed by atoms with Gasteiger partial charge in [0.25, 0.3) is 0 Å². The summed E-state index contributed by atoms with van der Waals surface area (Å²) in [5.41, 5.74) is 5.81. The number of nitrogens with zero attached hydrogens (tertiary/aromatic N) is 2. The molecular formula is C14H15ClN4O3. The van der Waals surface area contributed by atoms with Gasteiger partial charge in [0.15, 0.2) is 0 Å². The number of aryl methyl sites for hydroxylation is 2. The first-order valence-corrected chi connectivity index (χ1v) is 6.91. The SMILES string of the molecule is Cc1cn(CCC(=O)NC(N)=O)c(=O)n1-c1ccccc1Cl. The number of hydrogen-bond donors (Lipinski definition) is 2. The third kappa shape index (κ3) is 3.37. The van der Waals surface area contributed by atoms with E-state index in [2.05, 4.69) is 0 Å². The molecule has 0 aliphatic rings. The number of carbonyl (C=O) groups is 2. The number of imidazole rings is 1. The number of amides is 3. The molecule has 0 unspecified atom stereocenters. The molecule has 7 nitrogen and oxygen atoms in total. The van der Waals surface area contributed by atoms with E-state index < -0.39 is 11.9 Å². The number of urea groups is 1. The van der Waals surface area contributed by atoms with Gasteiger partial charge in [-0.1, -0.05) is 23.7 Å². The number of nitrogens with two attached hydrogens (primary N) is 1. The maximum absolute atomic E-state index is 12.4. The molecule has 0 bridgehead atoms. The molecule has 22 heavy (non-hydrogen) atoms. The summed E-state index contributed by atoms with van der Waals surface area (Å²) in [5, 5.41) is 2.41. The Hall–Kier alpha value is -2.54. The van der Waals surface area contributed by atoms with Gasteiger partial charge in [-0.2, -0.15) is 0 Å². The number of hydrogen-bond acceptors (Lipinski definition) is 3. The van der Waals surface area contributed by atoms with E-state index in [0.717, 1.165) is 0 Å². The highest BCUT2D eigenvalue weighted by atomic mass is 35.5. The summed E-state index contributed by atoms with van der Waals surface area (Å²) < 4.78 is 2.85. The summed E-state index contributed by atoms with van der Waals surface area (Å²) in [6.07, 6.45) is 1.60. The fraction of sp³-hybridized carbons (Fsp3) is 0.214. The van der Waals surface area contributed by atoms with Crippen molar-refractivity contribution in [2.24, 2.45) is 5.73 Å². The normalized spacial score (nSPS) is 10.5. The lowest BCUT2D eigenvalue weighted by Gasteiger charge is -2.06. The predicted octanol–water partition coefficient (Wildman–Crippen LogP) is 1.19. The zero-order valence-electron chi connectivity index (χ0n) is 11.9. The average molecular weight is 323 g/mol. The topological polar surface area (TPSA) is 99.1 Å². The fourth-order valence-corrected chi connectivity index (χ4v) is 2.35. The van der Waals surface area contributed by atoms with Gasteiger partial charge < -0.3 is 5.73 Å². The highest BCUT2D eigenvalue weighted by Gasteiger charge is 2.13. The molecule has 1 aromatic heterocycles. The van der Waals surface area contributed by atoms with Crippen LogP contribution in [0, 0.1) is 6.92 Å². The highest BCUT2D eigenvalue weighted by Crippen LogP contribution is 2.19. The first-order valence-electron chi connectivity index (χ1n) is 6.53. The van der Waals surface area contributed by atoms with E-state index >= 15 is 0 Å². The van der Waals surface area contributed by atoms with Gasteiger partial charge in [0, 0.05) is 24.9 Å². The lowest BCUT2D eigenvalue weighted by atomic mass is 10.3. The second-order valence-electron chi connectivity index (χ2n) is 4.70. The van der Waals surface area contributed by atoms with Crippen LogP contribution >= 0.6 is 11.6 Å². The van der Waals surface area contributed by atoms with Crippen LogP contribution in [-0.2, 0) is 11.3 Å². The Morgan fingerprint density at radius 1 is 1.32 bits per heavy atom. The number of primary amides is 1. The molecule has 0 saturated carbocycles. The molecule has 0 aliphatic carbocycles. The van der Waals surface area contributed by atoms with E-state index in [9.17, 15) is 14.4 Å². The summed E-state index contributed by atoms with van der Waals surface area (Å²) in [6.45, 7) is 1.90. The molecule has 0 aliphatic heterocycles. The van der Waals surface area contributed by atoms with Gasteiger partial charge in [-0.25, -0.2) is 9.59 Å². The van der Waals surface area contributed by atoms with Crippen LogP contribution < -0.4 is 16.7 Å². The molecule has 116 valence electrons. The second-order valence-corrected chi connectivity index (χ2v) is 5.10. The Morgan fingerprint density at radius 2 is 2.00 bits per heavy atom. The molecular weight excluding hydrogens is 308 g/mol. The van der Waals surface area contributed by atoms with Gasteiger partial charge in [-0.15, -0.1) is 0 Å². The molecule has 2 rings (SSSR count). The van der Waals surface area contributed by atoms with Crippen molar-refractivity contribution in [2.75, 3.05) is 0 Å². The monoisotopic (exact) mass is 322 g/mol. The summed E-state index contributed by atoms with van der Waals surface area (Å²) in [6, 6.07) is 6.07. The smallest absolute Gasteiger partial charge is 0.333 e. The van der Waals surface area contributed by atoms with Crippen molar-refractivity contribution < 1.29 is 9.59 Å². The van der Waals surface area contributed by atoms with Crippen LogP contribution in [0.4, 0.5) is 4.79 Å². The Balaban J connectivity index is 2.25. The summed E-state index contributed by atoms with van der Waals surface area (Å²) >= 11 is 6.11. The molecule has 1 heterocycles. The van der Waals surface area contributed by atoms with Gasteiger partial charge in [0.1, 0.15) is 0 Å². The summed E-state index contributed by atoms with van der Waals surface area (Å²) in [5.74, 6) is -0.539. The number of nitrogens with one attached hydrogen (secondary N) is 1. The largest absolute Gasteiger partial charge is 0.351 e. The number of halogens is 1. The molecule has 3 amide bonds. The van der Waals surface area contributed by atoms with Crippen LogP contribution in [0.25, 0.3) is 5.69 Å². The van der Waals surface area contributed by atoms with E-state index in [1.807, 2.05) is 5.32 Å². The van der Waals surface area contributed by atoms with Crippen LogP contribution in [0.15, 0.2) is 35.3 Å². The van der Waals surface area contributed by atoms with Crippen LogP contribution in [0.5, 0.6) is 0 Å². The second kappa shape index (κ2) is 6.48. The zero-order valence-corrected chi connectivity index (χ0v) is 12.6. The summed E-state index contributed by atoms with van der Waals surface area (Å²) in [7, 11) is 0. The van der Waals surface area contributed by atoms with E-state index in [1.165, 1.54) is 9.13 Å². The number of rotatable bonds is 4. The van der Waals surface area contributed by atoms with E-state index in [4.69, 9.17) is 17.3 Å². The van der Waals surface area contributed by atoms with Crippen molar-refractivity contribution in [1.82, 2.24) is 14.5 Å². The van der Waals surface area contributed by atoms with E-state index in [-0.39, 0.29) is 18.7 Å². The minimum absolute atomic E-state index is 0.0329. The minimum atomic E-state index is -0.915. The van der Waals surface area contributed by atoms with Crippen molar-refractivity contribution in [3.8, 4) is 5.69 Å². The van der Waals surface area contributed by atoms with Crippen LogP contribution in [0.2, 0.25) is 5.02 Å². The van der Waals surface area contributed by atoms with Gasteiger partial charge in [-0.3, -0.25) is 19.2 Å². The van der Waals surface area contributed by atoms with Crippen molar-refractivity contribution in [2.45, 2.75) is 19.9 Å². The van der Waals surface area contributed by atoms with Crippen molar-refractivity contribution >= 4 is 23.5 Å². The average Bonchev–Trinajstić information content (AvgIpc) is 2.71. The van der Waals surface area contributed by atoms with Gasteiger partial charge in [0.2, 0.25) is 5.91 Å². The van der Waals surface area contributed by atoms with Crippen LogP contribution in [0.3, 0.4) is 0 Å². The van der Waals surface area contributed by atoms with Crippen LogP contribution in [0.1, 0.15) is 12.1 Å². The molecule has 0 spiro atoms. The lowest BCUT2D eigenvalue weighted by molar-refractivity contribution is -0.120. The molecule has 8 heteroatoms. The van der Waals surface area contributed by atoms with Gasteiger partial charge >= 0.3 is 11.7 Å². The maximum atomic E-state index is 12.4. The van der Waals surface area contributed by atoms with Crippen molar-refractivity contribution in [3.63, 3.8) is 0 Å². The Kier molecular flexibility index (Phi) is 4.67. The van der Waals surface area contributed by atoms with Crippen LogP contribution in [-0.4, -0.2) is 21.1 Å². The maximum Gasteiger partial charge on any atom is 0.333 e. The third-order valence-electron chi connectivity index (χ3n) is 3.07. The van der Waals surface area contributed by atoms with E-state index in [1.54, 1.807) is 37.4 Å². The number of benzene rings is 1. The lowest BCUT2D eigenvalue weighted by Crippen LogP contribution is -2.36. The Morgan fingerprint density at radius 3 is 2.64 bits per heavy atom. The standard InChI is InChI=1S/C14H15ClN4O3/c1-9-8-18(7-6-12(20)17-13(16)21)14(22)19(9)11-5-3-2-4-10(11)15/h2-5,8H,6-7H2,1H3,(H3,16,17,20,21). The number of imide groups is 1. The summed E-state index contributed by atoms with van der Waals surface area (Å²) in [4.78, 5) is 34.4. The molecule has 3 N–H and O–H groups in total. The zero-order chi connectivity index (χ0) is 16.3. The van der Waals surface area contributed by atoms with Gasteiger partial charge in [0.05, 0.1) is 10.7 Å². The Bertz CT molecular complexity index is 779. The predicted molar refractivity (Wildman–Crippen MR) is 82.1 cm³/mol. The quantitative estimate of drug-likeness (QED) is 0.884. The Labute approximate surface area is 131 Å². The minimum Gasteiger partial charge on any atom is -0.351 e. The number of para-hydroxylation sites is 1. The molecule has 1 aromatic carbocycles. The third-order valence-corrected chi connectivity index (χ3v) is 3.39. The molecule has 0 saturated heterocycles. The fourth-order valence-electron chi connectivity index (χ4n) is 2.13. The highest BCUT2D eigenvalue weighted by molar-refractivity contribution is 6.32. The van der Waals surface area contributed by atoms with Gasteiger partial charge in [-0.05, 0) is 19.1 Å². The number of carbonyl (C=O) groups excluding carboxylic acids is 2. The first kappa shape index (κ1) is 15.8. The molecule has 0 radical (unpaired) electrons. The molecule has 2 aromatic rings. The van der Waals surface area contributed by atoms with E-state index in [0.29, 0.717) is 16.4 Å². The first-order chi connectivity index (χ1) is 10.4. The van der Waals surface area contributed by atoms with Crippen molar-refractivity contribution in [3.05, 3.63) is 51.7 Å². The number of aromatic nitrogens is 2. The molecule has 0 atom stereocenters.